The van der Waals surface area contributed by atoms with Crippen LogP contribution in [0.3, 0.4) is 0 Å². The standard InChI is InChI=1S/C41H37Cl2FN4O11S/c1-17-34(50)25(46-40(60)45-20-9-7-19(44)8-10-20)13-29(58-17)59-27-15-41(56,28(16-49)47-48-39(55)18-6-11-23(42)24(43)12-18)14-22-31(27)38(54)33-32(36(22)52)35(51)21-4-3-5-26(57-2)30(21)37(33)53/h3-12,17,25,27,29,34,49-50,52,54,56H,13-16H2,1-2H3,(H,48,55)(H2,45,46,60)/b47-28+. The summed E-state index contributed by atoms with van der Waals surface area (Å²) in [5.41, 5.74) is -1.57. The molecule has 3 aliphatic rings. The van der Waals surface area contributed by atoms with Gasteiger partial charge in [-0.25, -0.2) is 9.82 Å². The first kappa shape index (κ1) is 42.9. The Bertz CT molecular complexity index is 2460. The van der Waals surface area contributed by atoms with Crippen molar-refractivity contribution >= 4 is 69.4 Å². The molecule has 6 atom stereocenters. The number of aliphatic hydroxyl groups is 3. The van der Waals surface area contributed by atoms with Gasteiger partial charge in [0, 0.05) is 47.2 Å². The molecule has 1 heterocycles. The molecular formula is C41H37Cl2FN4O11S. The van der Waals surface area contributed by atoms with Gasteiger partial charge in [0.2, 0.25) is 5.78 Å². The van der Waals surface area contributed by atoms with E-state index in [-0.39, 0.29) is 55.1 Å². The minimum Gasteiger partial charge on any atom is -0.507 e. The summed E-state index contributed by atoms with van der Waals surface area (Å²) in [6.07, 6.45) is -5.94. The average Bonchev–Trinajstić information content (AvgIpc) is 3.21. The highest BCUT2D eigenvalue weighted by Gasteiger charge is 2.50. The molecule has 314 valence electrons. The number of thiocarbonyl (C=S) groups is 1. The van der Waals surface area contributed by atoms with Gasteiger partial charge >= 0.3 is 0 Å². The summed E-state index contributed by atoms with van der Waals surface area (Å²) < 4.78 is 31.3. The monoisotopic (exact) mass is 882 g/mol. The first-order chi connectivity index (χ1) is 28.5. The van der Waals surface area contributed by atoms with Gasteiger partial charge < -0.3 is 50.4 Å². The van der Waals surface area contributed by atoms with Crippen molar-refractivity contribution in [3.63, 3.8) is 0 Å². The van der Waals surface area contributed by atoms with Gasteiger partial charge in [-0.1, -0.05) is 35.3 Å². The van der Waals surface area contributed by atoms with Crippen molar-refractivity contribution in [2.45, 2.75) is 62.4 Å². The first-order valence-electron chi connectivity index (χ1n) is 18.4. The zero-order valence-corrected chi connectivity index (χ0v) is 34.0. The van der Waals surface area contributed by atoms with Crippen LogP contribution >= 0.6 is 35.4 Å². The van der Waals surface area contributed by atoms with Crippen LogP contribution in [0.15, 0.2) is 65.8 Å². The molecule has 0 radical (unpaired) electrons. The van der Waals surface area contributed by atoms with Crippen molar-refractivity contribution in [1.29, 1.82) is 0 Å². The van der Waals surface area contributed by atoms with E-state index in [9.17, 15) is 44.3 Å². The molecule has 1 amide bonds. The van der Waals surface area contributed by atoms with Crippen molar-refractivity contribution in [3.05, 3.63) is 115 Å². The number of carbonyl (C=O) groups is 3. The Morgan fingerprint density at radius 2 is 1.75 bits per heavy atom. The van der Waals surface area contributed by atoms with E-state index in [1.165, 1.54) is 67.8 Å². The van der Waals surface area contributed by atoms with E-state index in [0.29, 0.717) is 5.69 Å². The molecule has 0 spiro atoms. The number of methoxy groups -OCH3 is 1. The fourth-order valence-corrected chi connectivity index (χ4v) is 8.26. The Hall–Kier alpha value is -5.24. The molecule has 4 aromatic rings. The number of amides is 1. The number of hydrazone groups is 1. The number of rotatable bonds is 9. The number of aliphatic hydroxyl groups excluding tert-OH is 2. The number of nitrogens with one attached hydrogen (secondary N) is 3. The van der Waals surface area contributed by atoms with Crippen LogP contribution in [-0.4, -0.2) is 97.7 Å². The largest absolute Gasteiger partial charge is 0.507 e. The molecule has 4 aromatic carbocycles. The predicted molar refractivity (Wildman–Crippen MR) is 220 cm³/mol. The number of ether oxygens (including phenoxy) is 3. The summed E-state index contributed by atoms with van der Waals surface area (Å²) in [7, 11) is 1.31. The number of hydrogen-bond acceptors (Lipinski definition) is 13. The molecular weight excluding hydrogens is 846 g/mol. The van der Waals surface area contributed by atoms with Gasteiger partial charge in [-0.05, 0) is 67.7 Å². The number of ketones is 2. The molecule has 2 aliphatic carbocycles. The normalized spacial score (nSPS) is 23.5. The van der Waals surface area contributed by atoms with Crippen molar-refractivity contribution in [2.75, 3.05) is 19.0 Å². The van der Waals surface area contributed by atoms with E-state index in [2.05, 4.69) is 21.2 Å². The third-order valence-electron chi connectivity index (χ3n) is 10.7. The zero-order chi connectivity index (χ0) is 43.2. The molecule has 19 heteroatoms. The lowest BCUT2D eigenvalue weighted by Gasteiger charge is -2.43. The van der Waals surface area contributed by atoms with Gasteiger partial charge in [0.25, 0.3) is 5.91 Å². The van der Waals surface area contributed by atoms with Gasteiger partial charge in [-0.2, -0.15) is 5.10 Å². The molecule has 7 rings (SSSR count). The maximum atomic E-state index is 14.1. The summed E-state index contributed by atoms with van der Waals surface area (Å²) in [5.74, 6) is -4.30. The Kier molecular flexibility index (Phi) is 12.2. The third kappa shape index (κ3) is 8.02. The van der Waals surface area contributed by atoms with Crippen LogP contribution in [0.25, 0.3) is 0 Å². The number of anilines is 1. The average molecular weight is 884 g/mol. The van der Waals surface area contributed by atoms with E-state index in [1.807, 2.05) is 0 Å². The second-order valence-corrected chi connectivity index (χ2v) is 15.6. The van der Waals surface area contributed by atoms with Crippen molar-refractivity contribution < 1.29 is 58.5 Å². The fourth-order valence-electron chi connectivity index (χ4n) is 7.69. The second kappa shape index (κ2) is 17.0. The summed E-state index contributed by atoms with van der Waals surface area (Å²) in [6.45, 7) is 0.633. The van der Waals surface area contributed by atoms with Gasteiger partial charge in [0.1, 0.15) is 34.8 Å². The molecule has 0 saturated carbocycles. The van der Waals surface area contributed by atoms with E-state index in [0.717, 1.165) is 0 Å². The number of carbonyl (C=O) groups excluding carboxylic acids is 3. The van der Waals surface area contributed by atoms with Gasteiger partial charge in [-0.15, -0.1) is 0 Å². The van der Waals surface area contributed by atoms with Crippen LogP contribution in [0.4, 0.5) is 10.1 Å². The SMILES string of the molecule is COc1cccc2c1C(=O)c1c(O)c3c(c(O)c1C2=O)CC(O)(/C(CO)=N/NC(=O)c1ccc(Cl)c(Cl)c1)CC3OC1CC(NC(=S)Nc2ccc(F)cc2)C(O)C(C)O1. The van der Waals surface area contributed by atoms with E-state index in [1.54, 1.807) is 6.92 Å². The number of phenols is 2. The summed E-state index contributed by atoms with van der Waals surface area (Å²) >= 11 is 17.5. The number of hydrogen-bond donors (Lipinski definition) is 8. The Balaban J connectivity index is 1.27. The maximum absolute atomic E-state index is 14.1. The van der Waals surface area contributed by atoms with Crippen LogP contribution in [-0.2, 0) is 15.9 Å². The predicted octanol–water partition coefficient (Wildman–Crippen LogP) is 4.69. The lowest BCUT2D eigenvalue weighted by Crippen LogP contribution is -2.56. The van der Waals surface area contributed by atoms with Crippen LogP contribution in [0.2, 0.25) is 10.0 Å². The van der Waals surface area contributed by atoms with E-state index < -0.39 is 107 Å². The van der Waals surface area contributed by atoms with Crippen molar-refractivity contribution in [1.82, 2.24) is 10.7 Å². The number of fused-ring (bicyclic) bond motifs is 3. The molecule has 0 aromatic heterocycles. The highest BCUT2D eigenvalue weighted by Crippen LogP contribution is 2.52. The number of phenolic OH excluding ortho intramolecular Hbond substituents is 2. The van der Waals surface area contributed by atoms with Crippen molar-refractivity contribution in [3.8, 4) is 17.2 Å². The van der Waals surface area contributed by atoms with E-state index >= 15 is 0 Å². The number of halogens is 3. The van der Waals surface area contributed by atoms with Crippen LogP contribution in [0.5, 0.6) is 17.2 Å². The Labute approximate surface area is 356 Å². The molecule has 6 unspecified atom stereocenters. The van der Waals surface area contributed by atoms with Crippen LogP contribution in [0, 0.1) is 5.82 Å². The third-order valence-corrected chi connectivity index (χ3v) is 11.6. The van der Waals surface area contributed by atoms with Crippen LogP contribution < -0.4 is 20.8 Å². The lowest BCUT2D eigenvalue weighted by molar-refractivity contribution is -0.247. The maximum Gasteiger partial charge on any atom is 0.271 e. The molecule has 15 nitrogen and oxygen atoms in total. The first-order valence-corrected chi connectivity index (χ1v) is 19.6. The number of nitrogens with zero attached hydrogens (tertiary/aromatic N) is 1. The fraction of sp³-hybridized carbons (Fsp3) is 0.293. The van der Waals surface area contributed by atoms with E-state index in [4.69, 9.17) is 49.6 Å². The Morgan fingerprint density at radius 1 is 1.03 bits per heavy atom. The highest BCUT2D eigenvalue weighted by atomic mass is 35.5. The zero-order valence-electron chi connectivity index (χ0n) is 31.7. The molecule has 60 heavy (non-hydrogen) atoms. The van der Waals surface area contributed by atoms with Gasteiger partial charge in [0.15, 0.2) is 17.2 Å². The lowest BCUT2D eigenvalue weighted by atomic mass is 9.71. The topological polar surface area (TPSA) is 228 Å². The van der Waals surface area contributed by atoms with Crippen molar-refractivity contribution in [2.24, 2.45) is 5.10 Å². The summed E-state index contributed by atoms with van der Waals surface area (Å²) in [4.78, 5) is 41.2. The molecule has 1 fully saturated rings. The van der Waals surface area contributed by atoms with Crippen LogP contribution in [0.1, 0.15) is 79.2 Å². The number of benzene rings is 4. The van der Waals surface area contributed by atoms with Gasteiger partial charge in [0.05, 0.1) is 64.4 Å². The van der Waals surface area contributed by atoms with Gasteiger partial charge in [-0.3, -0.25) is 14.4 Å². The molecule has 8 N–H and O–H groups in total. The second-order valence-electron chi connectivity index (χ2n) is 14.4. The molecule has 1 saturated heterocycles. The smallest absolute Gasteiger partial charge is 0.271 e. The Morgan fingerprint density at radius 3 is 2.43 bits per heavy atom. The minimum absolute atomic E-state index is 0.0446. The number of aromatic hydroxyl groups is 2. The molecule has 0 bridgehead atoms. The summed E-state index contributed by atoms with van der Waals surface area (Å²) in [5, 5.41) is 68.3. The minimum atomic E-state index is -2.25. The summed E-state index contributed by atoms with van der Waals surface area (Å²) in [6, 6.07) is 13.0. The quantitative estimate of drug-likeness (QED) is 0.0435. The highest BCUT2D eigenvalue weighted by molar-refractivity contribution is 7.80. The molecule has 1 aliphatic heterocycles.